The van der Waals surface area contributed by atoms with Crippen LogP contribution in [0.3, 0.4) is 0 Å². The maximum absolute atomic E-state index is 12.1. The highest BCUT2D eigenvalue weighted by Crippen LogP contribution is 2.43. The standard InChI is InChI=1S/C16H13BrN2O2/c17-10-4-1-3-9(7-10)14-11-5-2-6-13(20)15(11)21-16(19)12(14)8-18/h1,3-4,7,14H,2,5-6,19H2. The molecule has 21 heavy (non-hydrogen) atoms. The fourth-order valence-corrected chi connectivity index (χ4v) is 3.32. The van der Waals surface area contributed by atoms with Gasteiger partial charge in [-0.05, 0) is 36.1 Å². The van der Waals surface area contributed by atoms with Crippen molar-refractivity contribution >= 4 is 21.7 Å². The summed E-state index contributed by atoms with van der Waals surface area (Å²) < 4.78 is 6.36. The molecule has 0 radical (unpaired) electrons. The molecule has 1 aliphatic carbocycles. The third-order valence-electron chi connectivity index (χ3n) is 3.81. The van der Waals surface area contributed by atoms with Crippen LogP contribution in [0.2, 0.25) is 0 Å². The third kappa shape index (κ3) is 2.36. The molecule has 0 spiro atoms. The number of allylic oxidation sites excluding steroid dienone is 3. The van der Waals surface area contributed by atoms with Gasteiger partial charge in [0.2, 0.25) is 5.88 Å². The minimum atomic E-state index is -0.291. The lowest BCUT2D eigenvalue weighted by Gasteiger charge is -2.31. The molecule has 1 unspecified atom stereocenters. The molecule has 0 amide bonds. The monoisotopic (exact) mass is 344 g/mol. The molecular weight excluding hydrogens is 332 g/mol. The van der Waals surface area contributed by atoms with Gasteiger partial charge in [-0.3, -0.25) is 4.79 Å². The van der Waals surface area contributed by atoms with Gasteiger partial charge in [-0.1, -0.05) is 28.1 Å². The number of Topliss-reactive ketones (excluding diaryl/α,β-unsaturated/α-hetero) is 1. The van der Waals surface area contributed by atoms with Crippen molar-refractivity contribution in [3.8, 4) is 6.07 Å². The number of nitrogens with zero attached hydrogens (tertiary/aromatic N) is 1. The molecule has 0 saturated heterocycles. The number of nitrogens with two attached hydrogens (primary N) is 1. The van der Waals surface area contributed by atoms with Crippen molar-refractivity contribution in [3.63, 3.8) is 0 Å². The first-order valence-electron chi connectivity index (χ1n) is 6.71. The number of ketones is 1. The Hall–Kier alpha value is -2.06. The normalized spacial score (nSPS) is 21.7. The lowest BCUT2D eigenvalue weighted by Crippen LogP contribution is -2.26. The molecule has 1 aromatic carbocycles. The van der Waals surface area contributed by atoms with E-state index in [2.05, 4.69) is 22.0 Å². The summed E-state index contributed by atoms with van der Waals surface area (Å²) in [6.07, 6.45) is 2.00. The first-order chi connectivity index (χ1) is 10.1. The minimum absolute atomic E-state index is 0.0313. The van der Waals surface area contributed by atoms with Gasteiger partial charge < -0.3 is 10.5 Å². The highest BCUT2D eigenvalue weighted by atomic mass is 79.9. The van der Waals surface area contributed by atoms with E-state index in [1.54, 1.807) is 0 Å². The van der Waals surface area contributed by atoms with Crippen molar-refractivity contribution in [2.45, 2.75) is 25.2 Å². The van der Waals surface area contributed by atoms with Crippen LogP contribution in [0, 0.1) is 11.3 Å². The molecule has 1 heterocycles. The second-order valence-corrected chi connectivity index (χ2v) is 6.03. The van der Waals surface area contributed by atoms with Gasteiger partial charge in [-0.15, -0.1) is 0 Å². The molecule has 1 aliphatic heterocycles. The Morgan fingerprint density at radius 1 is 1.38 bits per heavy atom. The molecule has 0 saturated carbocycles. The van der Waals surface area contributed by atoms with Crippen LogP contribution in [0.5, 0.6) is 0 Å². The van der Waals surface area contributed by atoms with Gasteiger partial charge in [0.05, 0.1) is 0 Å². The van der Waals surface area contributed by atoms with E-state index in [1.165, 1.54) is 0 Å². The summed E-state index contributed by atoms with van der Waals surface area (Å²) in [6.45, 7) is 0. The van der Waals surface area contributed by atoms with E-state index in [4.69, 9.17) is 10.5 Å². The smallest absolute Gasteiger partial charge is 0.205 e. The Kier molecular flexibility index (Phi) is 3.56. The minimum Gasteiger partial charge on any atom is -0.437 e. The van der Waals surface area contributed by atoms with Crippen LogP contribution in [0.15, 0.2) is 51.5 Å². The zero-order valence-corrected chi connectivity index (χ0v) is 12.8. The molecule has 106 valence electrons. The van der Waals surface area contributed by atoms with E-state index in [9.17, 15) is 10.1 Å². The summed E-state index contributed by atoms with van der Waals surface area (Å²) in [5, 5.41) is 9.43. The molecule has 4 nitrogen and oxygen atoms in total. The molecule has 5 heteroatoms. The molecule has 0 aromatic heterocycles. The van der Waals surface area contributed by atoms with Gasteiger partial charge >= 0.3 is 0 Å². The summed E-state index contributed by atoms with van der Waals surface area (Å²) in [7, 11) is 0. The van der Waals surface area contributed by atoms with Crippen molar-refractivity contribution in [2.24, 2.45) is 5.73 Å². The number of rotatable bonds is 1. The second kappa shape index (κ2) is 5.38. The van der Waals surface area contributed by atoms with Crippen LogP contribution in [0.1, 0.15) is 30.7 Å². The number of halogens is 1. The Morgan fingerprint density at radius 3 is 2.90 bits per heavy atom. The largest absolute Gasteiger partial charge is 0.437 e. The number of hydrogen-bond donors (Lipinski definition) is 1. The topological polar surface area (TPSA) is 76.1 Å². The average molecular weight is 345 g/mol. The van der Waals surface area contributed by atoms with Crippen molar-refractivity contribution in [3.05, 3.63) is 57.1 Å². The Balaban J connectivity index is 2.18. The van der Waals surface area contributed by atoms with E-state index in [0.29, 0.717) is 17.8 Å². The fraction of sp³-hybridized carbons (Fsp3) is 0.250. The number of carbonyl (C=O) groups excluding carboxylic acids is 1. The van der Waals surface area contributed by atoms with Crippen molar-refractivity contribution in [1.29, 1.82) is 5.26 Å². The first-order valence-corrected chi connectivity index (χ1v) is 7.50. The molecule has 0 bridgehead atoms. The van der Waals surface area contributed by atoms with Gasteiger partial charge in [0, 0.05) is 16.8 Å². The van der Waals surface area contributed by atoms with Gasteiger partial charge in [0.15, 0.2) is 11.5 Å². The Bertz CT molecular complexity index is 728. The lowest BCUT2D eigenvalue weighted by atomic mass is 9.78. The quantitative estimate of drug-likeness (QED) is 0.848. The maximum atomic E-state index is 12.1. The molecule has 0 fully saturated rings. The number of hydrogen-bond acceptors (Lipinski definition) is 4. The predicted molar refractivity (Wildman–Crippen MR) is 80.7 cm³/mol. The van der Waals surface area contributed by atoms with Gasteiger partial charge in [0.1, 0.15) is 11.6 Å². The number of carbonyl (C=O) groups is 1. The zero-order valence-electron chi connectivity index (χ0n) is 11.2. The van der Waals surface area contributed by atoms with Crippen molar-refractivity contribution < 1.29 is 9.53 Å². The van der Waals surface area contributed by atoms with E-state index in [1.807, 2.05) is 24.3 Å². The molecule has 3 rings (SSSR count). The molecule has 1 aromatic rings. The van der Waals surface area contributed by atoms with Crippen molar-refractivity contribution in [2.75, 3.05) is 0 Å². The van der Waals surface area contributed by atoms with Crippen LogP contribution in [-0.4, -0.2) is 5.78 Å². The second-order valence-electron chi connectivity index (χ2n) is 5.11. The Morgan fingerprint density at radius 2 is 2.19 bits per heavy atom. The van der Waals surface area contributed by atoms with Gasteiger partial charge in [-0.25, -0.2) is 0 Å². The zero-order chi connectivity index (χ0) is 15.0. The van der Waals surface area contributed by atoms with Crippen LogP contribution in [-0.2, 0) is 9.53 Å². The Labute approximate surface area is 131 Å². The molecule has 1 atom stereocenters. The summed E-state index contributed by atoms with van der Waals surface area (Å²) in [5.41, 5.74) is 8.05. The van der Waals surface area contributed by atoms with E-state index in [0.717, 1.165) is 28.5 Å². The molecule has 2 aliphatic rings. The molecule has 2 N–H and O–H groups in total. The summed E-state index contributed by atoms with van der Waals surface area (Å²) in [5.74, 6) is 0.0517. The highest BCUT2D eigenvalue weighted by Gasteiger charge is 2.36. The number of benzene rings is 1. The van der Waals surface area contributed by atoms with Crippen LogP contribution in [0.4, 0.5) is 0 Å². The summed E-state index contributed by atoms with van der Waals surface area (Å²) >= 11 is 3.44. The van der Waals surface area contributed by atoms with Gasteiger partial charge in [0.25, 0.3) is 0 Å². The maximum Gasteiger partial charge on any atom is 0.205 e. The van der Waals surface area contributed by atoms with E-state index < -0.39 is 0 Å². The van der Waals surface area contributed by atoms with Gasteiger partial charge in [-0.2, -0.15) is 5.26 Å². The highest BCUT2D eigenvalue weighted by molar-refractivity contribution is 9.10. The lowest BCUT2D eigenvalue weighted by molar-refractivity contribution is -0.119. The van der Waals surface area contributed by atoms with Crippen LogP contribution < -0.4 is 5.73 Å². The number of nitriles is 1. The van der Waals surface area contributed by atoms with Crippen LogP contribution >= 0.6 is 15.9 Å². The summed E-state index contributed by atoms with van der Waals surface area (Å²) in [6, 6.07) is 9.85. The van der Waals surface area contributed by atoms with E-state index >= 15 is 0 Å². The molecular formula is C16H13BrN2O2. The van der Waals surface area contributed by atoms with Crippen molar-refractivity contribution in [1.82, 2.24) is 0 Å². The SMILES string of the molecule is N#CC1=C(N)OC2=C(CCCC2=O)C1c1cccc(Br)c1. The predicted octanol–water partition coefficient (Wildman–Crippen LogP) is 3.26. The fourth-order valence-electron chi connectivity index (χ4n) is 2.90. The summed E-state index contributed by atoms with van der Waals surface area (Å²) in [4.78, 5) is 12.1. The third-order valence-corrected chi connectivity index (χ3v) is 4.31. The van der Waals surface area contributed by atoms with E-state index in [-0.39, 0.29) is 17.6 Å². The average Bonchev–Trinajstić information content (AvgIpc) is 2.47. The van der Waals surface area contributed by atoms with Crippen LogP contribution in [0.25, 0.3) is 0 Å². The first kappa shape index (κ1) is 13.9. The number of ether oxygens (including phenoxy) is 1.